The number of amides is 4. The van der Waals surface area contributed by atoms with Gasteiger partial charge in [-0.25, -0.2) is 4.79 Å². The van der Waals surface area contributed by atoms with Crippen LogP contribution in [-0.2, 0) is 19.1 Å². The Labute approximate surface area is 251 Å². The van der Waals surface area contributed by atoms with E-state index in [9.17, 15) is 19.2 Å². The largest absolute Gasteiger partial charge is 0.497 e. The zero-order chi connectivity index (χ0) is 31.6. The van der Waals surface area contributed by atoms with E-state index in [2.05, 4.69) is 5.32 Å². The molecule has 43 heavy (non-hydrogen) atoms. The van der Waals surface area contributed by atoms with Gasteiger partial charge in [-0.2, -0.15) is 0 Å². The summed E-state index contributed by atoms with van der Waals surface area (Å²) < 4.78 is 16.4. The van der Waals surface area contributed by atoms with Gasteiger partial charge in [-0.3, -0.25) is 19.3 Å². The van der Waals surface area contributed by atoms with Crippen molar-refractivity contribution in [1.29, 1.82) is 0 Å². The highest BCUT2D eigenvalue weighted by atomic mass is 16.6. The quantitative estimate of drug-likeness (QED) is 0.348. The molecule has 3 aromatic rings. The third-order valence-electron chi connectivity index (χ3n) is 6.06. The first-order chi connectivity index (χ1) is 20.4. The third kappa shape index (κ3) is 9.77. The van der Waals surface area contributed by atoms with E-state index in [1.807, 2.05) is 6.07 Å². The summed E-state index contributed by atoms with van der Waals surface area (Å²) in [6.45, 7) is 4.07. The molecular weight excluding hydrogens is 552 g/mol. The second-order valence-corrected chi connectivity index (χ2v) is 10.6. The summed E-state index contributed by atoms with van der Waals surface area (Å²) in [5.74, 6) is -0.595. The van der Waals surface area contributed by atoms with E-state index >= 15 is 0 Å². The molecule has 0 saturated heterocycles. The van der Waals surface area contributed by atoms with Crippen LogP contribution in [0.1, 0.15) is 20.8 Å². The van der Waals surface area contributed by atoms with Crippen LogP contribution in [0.3, 0.4) is 0 Å². The molecule has 228 valence electrons. The number of benzene rings is 3. The van der Waals surface area contributed by atoms with Gasteiger partial charge < -0.3 is 29.3 Å². The molecule has 0 unspecified atom stereocenters. The molecule has 0 atom stereocenters. The molecule has 11 heteroatoms. The van der Waals surface area contributed by atoms with Gasteiger partial charge in [0, 0.05) is 31.5 Å². The van der Waals surface area contributed by atoms with Gasteiger partial charge >= 0.3 is 6.09 Å². The summed E-state index contributed by atoms with van der Waals surface area (Å²) in [6.07, 6.45) is -0.688. The average molecular weight is 591 g/mol. The summed E-state index contributed by atoms with van der Waals surface area (Å²) >= 11 is 0. The van der Waals surface area contributed by atoms with Crippen molar-refractivity contribution in [1.82, 2.24) is 4.90 Å². The number of carbonyl (C=O) groups excluding carboxylic acids is 4. The van der Waals surface area contributed by atoms with Gasteiger partial charge in [0.25, 0.3) is 5.91 Å². The number of rotatable bonds is 11. The van der Waals surface area contributed by atoms with Gasteiger partial charge in [0.1, 0.15) is 30.2 Å². The fourth-order valence-electron chi connectivity index (χ4n) is 3.88. The summed E-state index contributed by atoms with van der Waals surface area (Å²) in [7, 11) is 4.58. The highest BCUT2D eigenvalue weighted by molar-refractivity contribution is 6.05. The molecule has 0 aliphatic heterocycles. The van der Waals surface area contributed by atoms with Gasteiger partial charge in [0.2, 0.25) is 11.8 Å². The molecule has 0 spiro atoms. The van der Waals surface area contributed by atoms with Crippen molar-refractivity contribution in [2.75, 3.05) is 56.0 Å². The second-order valence-electron chi connectivity index (χ2n) is 10.6. The number of likely N-dealkylation sites (N-methyl/N-ethyl adjacent to an activating group) is 2. The molecule has 0 aliphatic rings. The van der Waals surface area contributed by atoms with Crippen LogP contribution in [0, 0.1) is 0 Å². The first-order valence-corrected chi connectivity index (χ1v) is 13.6. The molecule has 3 rings (SSSR count). The standard InChI is InChI=1S/C32H38N4O7/c1-32(2,3)43-31(40)34(4)20-30(39)36(21-29(38)35(5)24-14-8-7-9-15-24)26-17-10-11-18-27(26)42-22-28(37)33-23-13-12-16-25(19-23)41-6/h7-19H,20-22H2,1-6H3,(H,33,37). The number of ether oxygens (including phenoxy) is 3. The van der Waals surface area contributed by atoms with Crippen LogP contribution >= 0.6 is 0 Å². The van der Waals surface area contributed by atoms with Gasteiger partial charge in [0.15, 0.2) is 6.61 Å². The monoisotopic (exact) mass is 590 g/mol. The molecule has 0 fully saturated rings. The predicted molar refractivity (Wildman–Crippen MR) is 165 cm³/mol. The molecule has 11 nitrogen and oxygen atoms in total. The summed E-state index contributed by atoms with van der Waals surface area (Å²) in [4.78, 5) is 56.1. The van der Waals surface area contributed by atoms with E-state index in [4.69, 9.17) is 14.2 Å². The zero-order valence-electron chi connectivity index (χ0n) is 25.3. The van der Waals surface area contributed by atoms with E-state index in [0.29, 0.717) is 17.1 Å². The van der Waals surface area contributed by atoms with E-state index in [-0.39, 0.29) is 37.0 Å². The normalized spacial score (nSPS) is 10.7. The number of carbonyl (C=O) groups is 4. The Bertz CT molecular complexity index is 1420. The Balaban J connectivity index is 1.83. The Kier molecular flexibility index (Phi) is 11.1. The minimum atomic E-state index is -0.756. The summed E-state index contributed by atoms with van der Waals surface area (Å²) in [5, 5.41) is 2.74. The predicted octanol–water partition coefficient (Wildman–Crippen LogP) is 4.58. The lowest BCUT2D eigenvalue weighted by molar-refractivity contribution is -0.123. The number of hydrogen-bond acceptors (Lipinski definition) is 7. The molecule has 0 saturated carbocycles. The number of para-hydroxylation sites is 3. The lowest BCUT2D eigenvalue weighted by Crippen LogP contribution is -2.47. The zero-order valence-corrected chi connectivity index (χ0v) is 25.3. The van der Waals surface area contributed by atoms with Gasteiger partial charge in [-0.1, -0.05) is 36.4 Å². The Morgan fingerprint density at radius 3 is 2.16 bits per heavy atom. The molecule has 1 N–H and O–H groups in total. The molecule has 3 aromatic carbocycles. The van der Waals surface area contributed by atoms with E-state index < -0.39 is 23.5 Å². The van der Waals surface area contributed by atoms with Crippen molar-refractivity contribution < 1.29 is 33.4 Å². The minimum absolute atomic E-state index is 0.201. The lowest BCUT2D eigenvalue weighted by atomic mass is 10.2. The topological polar surface area (TPSA) is 118 Å². The Hall–Kier alpha value is -5.06. The van der Waals surface area contributed by atoms with E-state index in [1.165, 1.54) is 24.0 Å². The molecule has 0 bridgehead atoms. The molecule has 0 aromatic heterocycles. The van der Waals surface area contributed by atoms with Gasteiger partial charge in [-0.05, 0) is 57.2 Å². The molecule has 0 aliphatic carbocycles. The second kappa shape index (κ2) is 14.7. The van der Waals surface area contributed by atoms with E-state index in [0.717, 1.165) is 4.90 Å². The van der Waals surface area contributed by atoms with Crippen LogP contribution in [0.15, 0.2) is 78.9 Å². The van der Waals surface area contributed by atoms with Gasteiger partial charge in [-0.15, -0.1) is 0 Å². The van der Waals surface area contributed by atoms with Crippen LogP contribution in [0.25, 0.3) is 0 Å². The first-order valence-electron chi connectivity index (χ1n) is 13.6. The summed E-state index contributed by atoms with van der Waals surface area (Å²) in [5.41, 5.74) is 0.672. The van der Waals surface area contributed by atoms with Crippen molar-refractivity contribution in [3.8, 4) is 11.5 Å². The fourth-order valence-corrected chi connectivity index (χ4v) is 3.88. The van der Waals surface area contributed by atoms with Gasteiger partial charge in [0.05, 0.1) is 12.8 Å². The maximum atomic E-state index is 13.7. The Morgan fingerprint density at radius 2 is 1.49 bits per heavy atom. The van der Waals surface area contributed by atoms with Crippen LogP contribution in [0.5, 0.6) is 11.5 Å². The molecule has 0 radical (unpaired) electrons. The number of nitrogens with one attached hydrogen (secondary N) is 1. The highest BCUT2D eigenvalue weighted by Crippen LogP contribution is 2.29. The smallest absolute Gasteiger partial charge is 0.410 e. The maximum Gasteiger partial charge on any atom is 0.410 e. The number of nitrogens with zero attached hydrogens (tertiary/aromatic N) is 3. The first kappa shape index (κ1) is 32.5. The van der Waals surface area contributed by atoms with Crippen molar-refractivity contribution in [2.24, 2.45) is 0 Å². The van der Waals surface area contributed by atoms with Crippen molar-refractivity contribution >= 4 is 40.9 Å². The molecule has 4 amide bonds. The number of methoxy groups -OCH3 is 1. The molecular formula is C32H38N4O7. The SMILES string of the molecule is COc1cccc(NC(=O)COc2ccccc2N(CC(=O)N(C)c2ccccc2)C(=O)CN(C)C(=O)OC(C)(C)C)c1. The van der Waals surface area contributed by atoms with Crippen LogP contribution in [0.4, 0.5) is 21.9 Å². The summed E-state index contributed by atoms with van der Waals surface area (Å²) in [6, 6.07) is 22.4. The Morgan fingerprint density at radius 1 is 0.814 bits per heavy atom. The van der Waals surface area contributed by atoms with E-state index in [1.54, 1.807) is 101 Å². The van der Waals surface area contributed by atoms with Crippen molar-refractivity contribution in [3.63, 3.8) is 0 Å². The lowest BCUT2D eigenvalue weighted by Gasteiger charge is -2.29. The fraction of sp³-hybridized carbons (Fsp3) is 0.312. The highest BCUT2D eigenvalue weighted by Gasteiger charge is 2.28. The van der Waals surface area contributed by atoms with Crippen LogP contribution in [0.2, 0.25) is 0 Å². The third-order valence-corrected chi connectivity index (χ3v) is 6.06. The molecule has 0 heterocycles. The average Bonchev–Trinajstić information content (AvgIpc) is 2.98. The van der Waals surface area contributed by atoms with Crippen molar-refractivity contribution in [3.05, 3.63) is 78.9 Å². The van der Waals surface area contributed by atoms with Crippen LogP contribution < -0.4 is 24.6 Å². The maximum absolute atomic E-state index is 13.7. The minimum Gasteiger partial charge on any atom is -0.497 e. The van der Waals surface area contributed by atoms with Crippen molar-refractivity contribution in [2.45, 2.75) is 26.4 Å². The number of hydrogen-bond donors (Lipinski definition) is 1. The van der Waals surface area contributed by atoms with Crippen LogP contribution in [-0.4, -0.2) is 75.2 Å². The number of anilines is 3.